The van der Waals surface area contributed by atoms with Crippen molar-refractivity contribution in [2.45, 2.75) is 164 Å². The third-order valence-electron chi connectivity index (χ3n) is 11.0. The van der Waals surface area contributed by atoms with Crippen molar-refractivity contribution in [3.63, 3.8) is 0 Å². The molecular weight excluding hydrogens is 741 g/mol. The fraction of sp³-hybridized carbons (Fsp3) is 0.818. The van der Waals surface area contributed by atoms with E-state index in [4.69, 9.17) is 9.47 Å². The molecule has 0 spiro atoms. The van der Waals surface area contributed by atoms with Crippen LogP contribution in [0.3, 0.4) is 0 Å². The van der Waals surface area contributed by atoms with Crippen molar-refractivity contribution < 1.29 is 38.2 Å². The van der Waals surface area contributed by atoms with Crippen LogP contribution < -0.4 is 16.4 Å². The Morgan fingerprint density at radius 2 is 1.45 bits per heavy atom. The third kappa shape index (κ3) is 19.0. The van der Waals surface area contributed by atoms with Gasteiger partial charge in [0.15, 0.2) is 0 Å². The van der Waals surface area contributed by atoms with Crippen molar-refractivity contribution in [2.24, 2.45) is 35.3 Å². The van der Waals surface area contributed by atoms with Gasteiger partial charge in [-0.15, -0.1) is 0 Å². The third-order valence-corrected chi connectivity index (χ3v) is 11.0. The van der Waals surface area contributed by atoms with Gasteiger partial charge in [-0.2, -0.15) is 0 Å². The lowest BCUT2D eigenvalue weighted by molar-refractivity contribution is -0.146. The number of nitrogens with zero attached hydrogens (tertiary/aromatic N) is 3. The van der Waals surface area contributed by atoms with Crippen LogP contribution in [0.25, 0.3) is 0 Å². The summed E-state index contributed by atoms with van der Waals surface area (Å²) >= 11 is 0. The zero-order valence-electron chi connectivity index (χ0n) is 38.8. The maximum atomic E-state index is 14.4. The average Bonchev–Trinajstić information content (AvgIpc) is 3.50. The molecule has 0 aliphatic carbocycles. The van der Waals surface area contributed by atoms with Gasteiger partial charge in [-0.3, -0.25) is 33.7 Å². The van der Waals surface area contributed by atoms with Crippen molar-refractivity contribution in [3.8, 4) is 0 Å². The van der Waals surface area contributed by atoms with Crippen molar-refractivity contribution in [1.82, 2.24) is 25.3 Å². The van der Waals surface area contributed by atoms with Crippen LogP contribution >= 0.6 is 0 Å². The molecule has 6 unspecified atom stereocenters. The maximum Gasteiger partial charge on any atom is 0.245 e. The molecule has 6 amide bonds. The highest BCUT2D eigenvalue weighted by molar-refractivity contribution is 6.01. The standard InChI is InChI=1S/C40H73N5O8.C2H5N.C2H6/c1-13-29(8)37(31(52-11)24-30(18-17-22-41-25-46)38(53-12)28(6)7)44(10)40(51)35(26(2)3)42-39(50)36(27(4)5)43(9)32(47)19-15-14-16-23-45-33(48)20-21-34(45)49;1-2-3;1-2/h25-31,35-38H,13-24H2,1-12H3,(H,41,46)(H,42,50);2H,1,3H2;1-2H3/t29?,30?,31?,35-,36?,37?,38?;;/m0../s1. The van der Waals surface area contributed by atoms with Gasteiger partial charge in [0.1, 0.15) is 12.1 Å². The summed E-state index contributed by atoms with van der Waals surface area (Å²) in [5.41, 5.74) is 4.61. The summed E-state index contributed by atoms with van der Waals surface area (Å²) in [5.74, 6) is -1.04. The molecule has 338 valence electrons. The number of likely N-dealkylation sites (tertiary alicyclic amines) is 1. The van der Waals surface area contributed by atoms with Crippen LogP contribution in [0.2, 0.25) is 0 Å². The van der Waals surface area contributed by atoms with Gasteiger partial charge in [-0.25, -0.2) is 0 Å². The first-order valence-electron chi connectivity index (χ1n) is 21.6. The molecule has 1 rings (SSSR count). The molecule has 58 heavy (non-hydrogen) atoms. The second kappa shape index (κ2) is 31.4. The molecule has 7 atom stereocenters. The van der Waals surface area contributed by atoms with E-state index in [1.165, 1.54) is 16.0 Å². The molecule has 0 aromatic carbocycles. The number of likely N-dealkylation sites (N-methyl/N-ethyl adjacent to an activating group) is 2. The topological polar surface area (TPSA) is 181 Å². The monoisotopic (exact) mass is 825 g/mol. The number of rotatable bonds is 27. The summed E-state index contributed by atoms with van der Waals surface area (Å²) in [7, 11) is 6.82. The fourth-order valence-corrected chi connectivity index (χ4v) is 7.83. The van der Waals surface area contributed by atoms with Gasteiger partial charge in [-0.05, 0) is 67.9 Å². The second-order valence-corrected chi connectivity index (χ2v) is 16.2. The lowest BCUT2D eigenvalue weighted by Crippen LogP contribution is -2.60. The quantitative estimate of drug-likeness (QED) is 0.0546. The molecule has 1 aliphatic heterocycles. The van der Waals surface area contributed by atoms with Crippen molar-refractivity contribution in [1.29, 1.82) is 0 Å². The zero-order chi connectivity index (χ0) is 45.1. The molecule has 1 fully saturated rings. The van der Waals surface area contributed by atoms with Gasteiger partial charge in [0.05, 0.1) is 18.2 Å². The lowest BCUT2D eigenvalue weighted by Gasteiger charge is -2.42. The molecule has 4 N–H and O–H groups in total. The predicted molar refractivity (Wildman–Crippen MR) is 232 cm³/mol. The van der Waals surface area contributed by atoms with E-state index in [2.05, 4.69) is 50.6 Å². The first-order chi connectivity index (χ1) is 27.4. The lowest BCUT2D eigenvalue weighted by atomic mass is 9.81. The van der Waals surface area contributed by atoms with E-state index in [1.807, 2.05) is 41.5 Å². The number of imide groups is 1. The van der Waals surface area contributed by atoms with Crippen LogP contribution in [0.15, 0.2) is 12.8 Å². The Morgan fingerprint density at radius 1 is 0.879 bits per heavy atom. The molecule has 0 bridgehead atoms. The van der Waals surface area contributed by atoms with E-state index in [0.29, 0.717) is 45.2 Å². The average molecular weight is 825 g/mol. The minimum atomic E-state index is -0.829. The van der Waals surface area contributed by atoms with E-state index in [0.717, 1.165) is 19.3 Å². The van der Waals surface area contributed by atoms with Gasteiger partial charge in [0, 0.05) is 60.7 Å². The van der Waals surface area contributed by atoms with Gasteiger partial charge in [-0.1, -0.05) is 88.7 Å². The van der Waals surface area contributed by atoms with Crippen LogP contribution in [0.1, 0.15) is 133 Å². The van der Waals surface area contributed by atoms with Gasteiger partial charge in [0.2, 0.25) is 35.9 Å². The number of hydrogen-bond donors (Lipinski definition) is 3. The van der Waals surface area contributed by atoms with E-state index < -0.39 is 12.1 Å². The highest BCUT2D eigenvalue weighted by atomic mass is 16.5. The Morgan fingerprint density at radius 3 is 1.90 bits per heavy atom. The summed E-state index contributed by atoms with van der Waals surface area (Å²) in [6, 6.07) is -1.90. The molecular formula is C44H84N6O8. The molecule has 0 saturated carbocycles. The SMILES string of the molecule is C=CN.CC.CCC(C)C(C(CC(CCCNC=O)C(OC)C(C)C)OC)N(C)C(=O)[C@@H](NC(=O)C(C(C)C)N(C)C(=O)CCCCCN1C(=O)CCC1=O)C(C)C. The zero-order valence-corrected chi connectivity index (χ0v) is 38.8. The normalized spacial score (nSPS) is 16.2. The highest BCUT2D eigenvalue weighted by Crippen LogP contribution is 2.31. The van der Waals surface area contributed by atoms with Gasteiger partial charge < -0.3 is 35.6 Å². The summed E-state index contributed by atoms with van der Waals surface area (Å²) in [5, 5.41) is 5.78. The van der Waals surface area contributed by atoms with E-state index in [-0.39, 0.29) is 96.6 Å². The smallest absolute Gasteiger partial charge is 0.245 e. The maximum absolute atomic E-state index is 14.4. The number of carbonyl (C=O) groups excluding carboxylic acids is 6. The molecule has 0 aromatic heterocycles. The molecule has 1 saturated heterocycles. The van der Waals surface area contributed by atoms with E-state index >= 15 is 0 Å². The summed E-state index contributed by atoms with van der Waals surface area (Å²) < 4.78 is 12.2. The van der Waals surface area contributed by atoms with E-state index in [1.54, 1.807) is 33.2 Å². The predicted octanol–water partition coefficient (Wildman–Crippen LogP) is 5.53. The Hall–Kier alpha value is -3.52. The molecule has 0 radical (unpaired) electrons. The first-order valence-corrected chi connectivity index (χ1v) is 21.6. The second-order valence-electron chi connectivity index (χ2n) is 16.2. The van der Waals surface area contributed by atoms with Crippen LogP contribution in [-0.2, 0) is 38.2 Å². The van der Waals surface area contributed by atoms with Crippen molar-refractivity contribution >= 4 is 35.9 Å². The van der Waals surface area contributed by atoms with Crippen molar-refractivity contribution in [3.05, 3.63) is 12.8 Å². The number of hydrogen-bond acceptors (Lipinski definition) is 9. The minimum Gasteiger partial charge on any atom is -0.405 e. The van der Waals surface area contributed by atoms with Gasteiger partial charge in [0.25, 0.3) is 0 Å². The van der Waals surface area contributed by atoms with E-state index in [9.17, 15) is 28.8 Å². The number of carbonyl (C=O) groups is 6. The number of nitrogens with two attached hydrogens (primary N) is 1. The Kier molecular flexibility index (Phi) is 30.6. The molecule has 14 heteroatoms. The largest absolute Gasteiger partial charge is 0.405 e. The fourth-order valence-electron chi connectivity index (χ4n) is 7.83. The molecule has 0 aromatic rings. The molecule has 1 aliphatic rings. The summed E-state index contributed by atoms with van der Waals surface area (Å²) in [6.07, 6.45) is 7.30. The Labute approximate surface area is 352 Å². The molecule has 14 nitrogen and oxygen atoms in total. The summed E-state index contributed by atoms with van der Waals surface area (Å²) in [4.78, 5) is 80.8. The van der Waals surface area contributed by atoms with Crippen LogP contribution in [-0.4, -0.2) is 122 Å². The van der Waals surface area contributed by atoms with Crippen molar-refractivity contribution in [2.75, 3.05) is 41.4 Å². The number of nitrogens with one attached hydrogen (secondary N) is 2. The van der Waals surface area contributed by atoms with Crippen LogP contribution in [0.5, 0.6) is 0 Å². The first kappa shape index (κ1) is 56.6. The van der Waals surface area contributed by atoms with Crippen LogP contribution in [0.4, 0.5) is 0 Å². The van der Waals surface area contributed by atoms with Gasteiger partial charge >= 0.3 is 0 Å². The Bertz CT molecular complexity index is 1200. The summed E-state index contributed by atoms with van der Waals surface area (Å²) in [6.45, 7) is 24.1. The van der Waals surface area contributed by atoms with Crippen LogP contribution in [0, 0.1) is 29.6 Å². The number of ether oxygens (including phenoxy) is 2. The number of amides is 6. The highest BCUT2D eigenvalue weighted by Gasteiger charge is 2.40. The number of unbranched alkanes of at least 4 members (excludes halogenated alkanes) is 2. The molecule has 1 heterocycles. The minimum absolute atomic E-state index is 0.0379. The Balaban J connectivity index is 0. The number of methoxy groups -OCH3 is 2.